The number of fused-ring (bicyclic) bond motifs is 1. The van der Waals surface area contributed by atoms with Crippen molar-refractivity contribution < 1.29 is 28.1 Å². The smallest absolute Gasteiger partial charge is 0.252 e. The Morgan fingerprint density at radius 1 is 1.08 bits per heavy atom. The van der Waals surface area contributed by atoms with Gasteiger partial charge < -0.3 is 24.3 Å². The highest BCUT2D eigenvalue weighted by Crippen LogP contribution is 2.44. The summed E-state index contributed by atoms with van der Waals surface area (Å²) in [6.07, 6.45) is 0.946. The fourth-order valence-electron chi connectivity index (χ4n) is 5.04. The molecule has 2 saturated carbocycles. The molecule has 1 saturated heterocycles. The first-order valence-electron chi connectivity index (χ1n) is 12.4. The minimum atomic E-state index is -1.28. The van der Waals surface area contributed by atoms with E-state index in [2.05, 4.69) is 11.4 Å². The van der Waals surface area contributed by atoms with Gasteiger partial charge in [0.1, 0.15) is 11.9 Å². The zero-order valence-electron chi connectivity index (χ0n) is 20.5. The molecular weight excluding hydrogens is 463 g/mol. The number of ether oxygens (including phenoxy) is 4. The van der Waals surface area contributed by atoms with E-state index in [1.54, 1.807) is 30.3 Å². The molecule has 4 atom stereocenters. The van der Waals surface area contributed by atoms with Crippen molar-refractivity contribution in [3.63, 3.8) is 0 Å². The van der Waals surface area contributed by atoms with Crippen molar-refractivity contribution >= 4 is 5.91 Å². The van der Waals surface area contributed by atoms with Crippen LogP contribution in [0, 0.1) is 17.1 Å². The maximum Gasteiger partial charge on any atom is 0.252 e. The molecule has 8 heteroatoms. The van der Waals surface area contributed by atoms with Crippen molar-refractivity contribution in [2.24, 2.45) is 0 Å². The quantitative estimate of drug-likeness (QED) is 0.594. The van der Waals surface area contributed by atoms with Gasteiger partial charge >= 0.3 is 0 Å². The fourth-order valence-corrected chi connectivity index (χ4v) is 5.04. The summed E-state index contributed by atoms with van der Waals surface area (Å²) in [5.74, 6) is -1.47. The summed E-state index contributed by atoms with van der Waals surface area (Å²) in [6, 6.07) is 15.9. The molecule has 1 aliphatic heterocycles. The van der Waals surface area contributed by atoms with Gasteiger partial charge in [0.25, 0.3) is 5.91 Å². The lowest BCUT2D eigenvalue weighted by Crippen LogP contribution is -2.60. The predicted octanol–water partition coefficient (Wildman–Crippen LogP) is 4.13. The number of amides is 1. The molecule has 0 bridgehead atoms. The van der Waals surface area contributed by atoms with Crippen molar-refractivity contribution in [3.05, 3.63) is 71.0 Å². The number of rotatable bonds is 8. The van der Waals surface area contributed by atoms with Gasteiger partial charge in [0.2, 0.25) is 0 Å². The zero-order chi connectivity index (χ0) is 25.3. The number of hydrogen-bond donors (Lipinski definition) is 1. The Bertz CT molecular complexity index is 1160. The number of nitriles is 1. The van der Waals surface area contributed by atoms with Gasteiger partial charge in [-0.1, -0.05) is 36.4 Å². The molecule has 3 aliphatic rings. The van der Waals surface area contributed by atoms with Crippen LogP contribution in [0.5, 0.6) is 0 Å². The standard InChI is InChI=1S/C28H31FN2O5/c1-27(2)35-24-14-28(26(32)31-21-11-12-21,34-17-20-9-5-6-10-22(20)29)13-23(25(24)36-27)33-16-19-8-4-3-7-18(19)15-30/h3-10,21,23-25H,11-14,16-17H2,1-2H3,(H,31,32)/t23?,24-,25+,28-/m1/s1. The second-order valence-electron chi connectivity index (χ2n) is 10.3. The topological polar surface area (TPSA) is 89.8 Å². The van der Waals surface area contributed by atoms with Gasteiger partial charge in [0.05, 0.1) is 37.1 Å². The first-order valence-corrected chi connectivity index (χ1v) is 12.4. The van der Waals surface area contributed by atoms with Crippen LogP contribution < -0.4 is 5.32 Å². The van der Waals surface area contributed by atoms with Crippen LogP contribution in [0.1, 0.15) is 56.2 Å². The lowest BCUT2D eigenvalue weighted by atomic mass is 9.78. The molecule has 0 radical (unpaired) electrons. The molecule has 190 valence electrons. The third-order valence-electron chi connectivity index (χ3n) is 7.03. The molecule has 0 spiro atoms. The van der Waals surface area contributed by atoms with Gasteiger partial charge in [-0.05, 0) is 44.4 Å². The molecular formula is C28H31FN2O5. The van der Waals surface area contributed by atoms with Crippen LogP contribution in [0.25, 0.3) is 0 Å². The molecule has 2 aromatic rings. The number of carbonyl (C=O) groups excluding carboxylic acids is 1. The molecule has 1 heterocycles. The number of carbonyl (C=O) groups is 1. The van der Waals surface area contributed by atoms with Crippen LogP contribution in [0.2, 0.25) is 0 Å². The maximum atomic E-state index is 14.4. The summed E-state index contributed by atoms with van der Waals surface area (Å²) in [5, 5.41) is 12.5. The fraction of sp³-hybridized carbons (Fsp3) is 0.500. The number of hydrogen-bond acceptors (Lipinski definition) is 6. The summed E-state index contributed by atoms with van der Waals surface area (Å²) < 4.78 is 39.4. The summed E-state index contributed by atoms with van der Waals surface area (Å²) in [5.41, 5.74) is 0.375. The van der Waals surface area contributed by atoms with E-state index >= 15 is 0 Å². The third-order valence-corrected chi connectivity index (χ3v) is 7.03. The first kappa shape index (κ1) is 24.8. The number of halogens is 1. The van der Waals surface area contributed by atoms with Gasteiger partial charge in [-0.3, -0.25) is 4.79 Å². The van der Waals surface area contributed by atoms with E-state index in [0.29, 0.717) is 11.1 Å². The summed E-state index contributed by atoms with van der Waals surface area (Å²) in [7, 11) is 0. The Morgan fingerprint density at radius 3 is 2.53 bits per heavy atom. The minimum Gasteiger partial charge on any atom is -0.371 e. The molecule has 36 heavy (non-hydrogen) atoms. The van der Waals surface area contributed by atoms with Gasteiger partial charge in [-0.2, -0.15) is 5.26 Å². The van der Waals surface area contributed by atoms with E-state index < -0.39 is 29.7 Å². The largest absolute Gasteiger partial charge is 0.371 e. The monoisotopic (exact) mass is 494 g/mol. The average Bonchev–Trinajstić information content (AvgIpc) is 3.61. The molecule has 2 aliphatic carbocycles. The van der Waals surface area contributed by atoms with Crippen LogP contribution in [-0.2, 0) is 37.0 Å². The number of nitrogens with one attached hydrogen (secondary N) is 1. The Morgan fingerprint density at radius 2 is 1.81 bits per heavy atom. The Labute approximate surface area is 210 Å². The minimum absolute atomic E-state index is 0.0591. The lowest BCUT2D eigenvalue weighted by molar-refractivity contribution is -0.183. The van der Waals surface area contributed by atoms with Crippen molar-refractivity contribution in [2.75, 3.05) is 0 Å². The van der Waals surface area contributed by atoms with Crippen LogP contribution in [-0.4, -0.2) is 41.6 Å². The Balaban J connectivity index is 1.42. The molecule has 5 rings (SSSR count). The van der Waals surface area contributed by atoms with Crippen LogP contribution >= 0.6 is 0 Å². The molecule has 3 fully saturated rings. The van der Waals surface area contributed by atoms with E-state index in [0.717, 1.165) is 18.4 Å². The van der Waals surface area contributed by atoms with Gasteiger partial charge in [0.15, 0.2) is 11.4 Å². The van der Waals surface area contributed by atoms with Crippen molar-refractivity contribution in [1.29, 1.82) is 5.26 Å². The highest BCUT2D eigenvalue weighted by atomic mass is 19.1. The van der Waals surface area contributed by atoms with Crippen LogP contribution in [0.4, 0.5) is 4.39 Å². The normalized spacial score (nSPS) is 28.8. The molecule has 2 aromatic carbocycles. The van der Waals surface area contributed by atoms with Crippen molar-refractivity contribution in [2.45, 2.75) is 88.5 Å². The third kappa shape index (κ3) is 5.30. The molecule has 1 unspecified atom stereocenters. The highest BCUT2D eigenvalue weighted by Gasteiger charge is 2.58. The Hall–Kier alpha value is -2.83. The van der Waals surface area contributed by atoms with Gasteiger partial charge in [0, 0.05) is 24.4 Å². The van der Waals surface area contributed by atoms with Gasteiger partial charge in [-0.15, -0.1) is 0 Å². The van der Waals surface area contributed by atoms with Crippen molar-refractivity contribution in [1.82, 2.24) is 5.32 Å². The second-order valence-corrected chi connectivity index (χ2v) is 10.3. The van der Waals surface area contributed by atoms with E-state index in [4.69, 9.17) is 18.9 Å². The highest BCUT2D eigenvalue weighted by molar-refractivity contribution is 5.86. The van der Waals surface area contributed by atoms with E-state index in [1.165, 1.54) is 6.07 Å². The summed E-state index contributed by atoms with van der Waals surface area (Å²) in [6.45, 7) is 3.78. The molecule has 1 amide bonds. The predicted molar refractivity (Wildman–Crippen MR) is 128 cm³/mol. The van der Waals surface area contributed by atoms with Crippen LogP contribution in [0.15, 0.2) is 48.5 Å². The number of benzene rings is 2. The summed E-state index contributed by atoms with van der Waals surface area (Å²) >= 11 is 0. The van der Waals surface area contributed by atoms with E-state index in [9.17, 15) is 14.4 Å². The molecule has 7 nitrogen and oxygen atoms in total. The second kappa shape index (κ2) is 9.91. The first-order chi connectivity index (χ1) is 17.3. The van der Waals surface area contributed by atoms with Crippen LogP contribution in [0.3, 0.4) is 0 Å². The average molecular weight is 495 g/mol. The number of nitrogens with zero attached hydrogens (tertiary/aromatic N) is 1. The zero-order valence-corrected chi connectivity index (χ0v) is 20.5. The van der Waals surface area contributed by atoms with Crippen molar-refractivity contribution in [3.8, 4) is 6.07 Å². The summed E-state index contributed by atoms with van der Waals surface area (Å²) in [4.78, 5) is 13.6. The molecule has 1 N–H and O–H groups in total. The van der Waals surface area contributed by atoms with Gasteiger partial charge in [-0.25, -0.2) is 4.39 Å². The lowest BCUT2D eigenvalue weighted by Gasteiger charge is -2.43. The Kier molecular flexibility index (Phi) is 6.84. The molecule has 0 aromatic heterocycles. The van der Waals surface area contributed by atoms with E-state index in [1.807, 2.05) is 26.0 Å². The van der Waals surface area contributed by atoms with E-state index in [-0.39, 0.29) is 43.8 Å². The maximum absolute atomic E-state index is 14.4. The SMILES string of the molecule is CC1(C)O[C@@H]2C[C@@](OCc3ccccc3F)(C(=O)NC3CC3)CC(OCc3ccccc3C#N)[C@@H]2O1.